The van der Waals surface area contributed by atoms with Crippen molar-refractivity contribution < 1.29 is 4.74 Å². The molecule has 0 amide bonds. The summed E-state index contributed by atoms with van der Waals surface area (Å²) in [4.78, 5) is 16.2. The maximum Gasteiger partial charge on any atom is 0.159 e. The molecule has 2 N–H and O–H groups in total. The van der Waals surface area contributed by atoms with Gasteiger partial charge < -0.3 is 9.72 Å². The van der Waals surface area contributed by atoms with Gasteiger partial charge >= 0.3 is 0 Å². The third-order valence-electron chi connectivity index (χ3n) is 4.38. The Bertz CT molecular complexity index is 1190. The first-order valence-electron chi connectivity index (χ1n) is 8.83. The van der Waals surface area contributed by atoms with E-state index in [9.17, 15) is 0 Å². The Morgan fingerprint density at radius 2 is 1.86 bits per heavy atom. The number of aromatic amines is 2. The van der Waals surface area contributed by atoms with Gasteiger partial charge in [0, 0.05) is 18.0 Å². The van der Waals surface area contributed by atoms with Crippen LogP contribution in [0.2, 0.25) is 0 Å². The number of fused-ring (bicyclic) bond motifs is 1. The Labute approximate surface area is 160 Å². The molecular formula is C21H16N6O. The molecule has 7 heteroatoms. The number of imidazole rings is 1. The first-order chi connectivity index (χ1) is 13.8. The van der Waals surface area contributed by atoms with Crippen LogP contribution < -0.4 is 4.74 Å². The zero-order chi connectivity index (χ0) is 18.8. The van der Waals surface area contributed by atoms with Gasteiger partial charge in [-0.05, 0) is 23.8 Å². The standard InChI is InChI=1S/C21H16N6O/c1-2-4-14(5-3-1)13-28-16-8-15(10-23-11-16)18-9-19(27-26-18)21-24-17-6-7-22-12-20(17)25-21/h1-12H,13H2,(H,24,25)(H,26,27). The summed E-state index contributed by atoms with van der Waals surface area (Å²) >= 11 is 0. The van der Waals surface area contributed by atoms with E-state index in [-0.39, 0.29) is 0 Å². The molecule has 0 spiro atoms. The van der Waals surface area contributed by atoms with Crippen LogP contribution in [-0.2, 0) is 6.61 Å². The highest BCUT2D eigenvalue weighted by Gasteiger charge is 2.11. The monoisotopic (exact) mass is 368 g/mol. The van der Waals surface area contributed by atoms with E-state index in [0.29, 0.717) is 18.2 Å². The van der Waals surface area contributed by atoms with E-state index in [1.807, 2.05) is 48.5 Å². The summed E-state index contributed by atoms with van der Waals surface area (Å²) in [6, 6.07) is 15.8. The first kappa shape index (κ1) is 16.2. The molecule has 0 aliphatic heterocycles. The van der Waals surface area contributed by atoms with E-state index < -0.39 is 0 Å². The Morgan fingerprint density at radius 1 is 0.929 bits per heavy atom. The van der Waals surface area contributed by atoms with Gasteiger partial charge in [0.1, 0.15) is 23.6 Å². The van der Waals surface area contributed by atoms with Crippen molar-refractivity contribution in [3.05, 3.63) is 78.9 Å². The number of H-pyrrole nitrogens is 2. The lowest BCUT2D eigenvalue weighted by atomic mass is 10.2. The molecule has 136 valence electrons. The lowest BCUT2D eigenvalue weighted by Gasteiger charge is -2.06. The molecule has 28 heavy (non-hydrogen) atoms. The molecule has 0 saturated carbocycles. The van der Waals surface area contributed by atoms with Crippen LogP contribution in [0.5, 0.6) is 5.75 Å². The number of nitrogens with one attached hydrogen (secondary N) is 2. The maximum absolute atomic E-state index is 5.86. The predicted octanol–water partition coefficient (Wildman–Crippen LogP) is 3.99. The lowest BCUT2D eigenvalue weighted by molar-refractivity contribution is 0.305. The molecule has 4 aromatic heterocycles. The smallest absolute Gasteiger partial charge is 0.159 e. The van der Waals surface area contributed by atoms with Gasteiger partial charge in [0.25, 0.3) is 0 Å². The number of nitrogens with zero attached hydrogens (tertiary/aromatic N) is 4. The highest BCUT2D eigenvalue weighted by molar-refractivity contribution is 5.78. The Hall–Kier alpha value is -4.00. The minimum atomic E-state index is 0.493. The zero-order valence-corrected chi connectivity index (χ0v) is 14.8. The normalized spacial score (nSPS) is 11.0. The summed E-state index contributed by atoms with van der Waals surface area (Å²) in [5.41, 5.74) is 5.29. The topological polar surface area (TPSA) is 92.4 Å². The molecule has 0 fully saturated rings. The molecule has 0 radical (unpaired) electrons. The van der Waals surface area contributed by atoms with E-state index >= 15 is 0 Å². The molecule has 5 rings (SSSR count). The van der Waals surface area contributed by atoms with E-state index in [1.54, 1.807) is 24.8 Å². The van der Waals surface area contributed by atoms with Gasteiger partial charge in [-0.2, -0.15) is 5.10 Å². The third kappa shape index (κ3) is 3.21. The summed E-state index contributed by atoms with van der Waals surface area (Å²) < 4.78 is 5.86. The predicted molar refractivity (Wildman–Crippen MR) is 105 cm³/mol. The second kappa shape index (κ2) is 6.96. The SMILES string of the molecule is c1ccc(COc2cncc(-c3cc(-c4nc5cnccc5[nH]4)n[nH]3)c2)cc1. The van der Waals surface area contributed by atoms with Gasteiger partial charge in [-0.1, -0.05) is 30.3 Å². The van der Waals surface area contributed by atoms with E-state index in [2.05, 4.69) is 30.1 Å². The summed E-state index contributed by atoms with van der Waals surface area (Å²) in [5, 5.41) is 7.42. The van der Waals surface area contributed by atoms with Gasteiger partial charge in [0.05, 0.1) is 23.6 Å². The molecule has 0 unspecified atom stereocenters. The molecule has 7 nitrogen and oxygen atoms in total. The van der Waals surface area contributed by atoms with E-state index in [0.717, 1.165) is 33.5 Å². The van der Waals surface area contributed by atoms with Gasteiger partial charge in [0.2, 0.25) is 0 Å². The number of aromatic nitrogens is 6. The first-order valence-corrected chi connectivity index (χ1v) is 8.83. The van der Waals surface area contributed by atoms with Crippen LogP contribution in [0, 0.1) is 0 Å². The fourth-order valence-corrected chi connectivity index (χ4v) is 2.96. The van der Waals surface area contributed by atoms with Crippen molar-refractivity contribution in [3.8, 4) is 28.5 Å². The molecule has 0 saturated heterocycles. The van der Waals surface area contributed by atoms with Crippen molar-refractivity contribution in [2.45, 2.75) is 6.61 Å². The number of rotatable bonds is 5. The van der Waals surface area contributed by atoms with Gasteiger partial charge in [-0.25, -0.2) is 4.98 Å². The molecule has 0 atom stereocenters. The zero-order valence-electron chi connectivity index (χ0n) is 14.8. The summed E-state index contributed by atoms with van der Waals surface area (Å²) in [5.74, 6) is 1.39. The summed E-state index contributed by atoms with van der Waals surface area (Å²) in [7, 11) is 0. The summed E-state index contributed by atoms with van der Waals surface area (Å²) in [6.45, 7) is 0.493. The molecule has 0 aliphatic carbocycles. The van der Waals surface area contributed by atoms with Gasteiger partial charge in [-0.3, -0.25) is 15.1 Å². The van der Waals surface area contributed by atoms with Crippen LogP contribution in [0.3, 0.4) is 0 Å². The molecule has 4 heterocycles. The van der Waals surface area contributed by atoms with Crippen LogP contribution >= 0.6 is 0 Å². The van der Waals surface area contributed by atoms with Crippen LogP contribution in [-0.4, -0.2) is 30.1 Å². The van der Waals surface area contributed by atoms with Crippen LogP contribution in [0.4, 0.5) is 0 Å². The average Bonchev–Trinajstić information content (AvgIpc) is 3.40. The average molecular weight is 368 g/mol. The quantitative estimate of drug-likeness (QED) is 0.489. The highest BCUT2D eigenvalue weighted by atomic mass is 16.5. The van der Waals surface area contributed by atoms with Gasteiger partial charge in [-0.15, -0.1) is 0 Å². The number of ether oxygens (including phenoxy) is 1. The minimum Gasteiger partial charge on any atom is -0.487 e. The molecule has 0 bridgehead atoms. The van der Waals surface area contributed by atoms with Gasteiger partial charge in [0.15, 0.2) is 5.82 Å². The van der Waals surface area contributed by atoms with Crippen molar-refractivity contribution in [1.82, 2.24) is 30.1 Å². The highest BCUT2D eigenvalue weighted by Crippen LogP contribution is 2.25. The van der Waals surface area contributed by atoms with Crippen LogP contribution in [0.25, 0.3) is 33.8 Å². The Balaban J connectivity index is 1.38. The number of hydrogen-bond acceptors (Lipinski definition) is 5. The lowest BCUT2D eigenvalue weighted by Crippen LogP contribution is -1.95. The second-order valence-corrected chi connectivity index (χ2v) is 6.33. The number of hydrogen-bond donors (Lipinski definition) is 2. The maximum atomic E-state index is 5.86. The van der Waals surface area contributed by atoms with E-state index in [4.69, 9.17) is 4.74 Å². The Kier molecular flexibility index (Phi) is 4.02. The van der Waals surface area contributed by atoms with Crippen molar-refractivity contribution in [2.75, 3.05) is 0 Å². The Morgan fingerprint density at radius 3 is 2.75 bits per heavy atom. The number of benzene rings is 1. The minimum absolute atomic E-state index is 0.493. The van der Waals surface area contributed by atoms with Crippen LogP contribution in [0.15, 0.2) is 73.3 Å². The molecule has 5 aromatic rings. The molecule has 0 aliphatic rings. The second-order valence-electron chi connectivity index (χ2n) is 6.33. The molecular weight excluding hydrogens is 352 g/mol. The van der Waals surface area contributed by atoms with E-state index in [1.165, 1.54) is 0 Å². The van der Waals surface area contributed by atoms with Crippen molar-refractivity contribution in [3.63, 3.8) is 0 Å². The third-order valence-corrected chi connectivity index (χ3v) is 4.38. The van der Waals surface area contributed by atoms with Crippen LogP contribution in [0.1, 0.15) is 5.56 Å². The largest absolute Gasteiger partial charge is 0.487 e. The fourth-order valence-electron chi connectivity index (χ4n) is 2.96. The van der Waals surface area contributed by atoms with Crippen molar-refractivity contribution >= 4 is 11.0 Å². The molecule has 1 aromatic carbocycles. The summed E-state index contributed by atoms with van der Waals surface area (Å²) in [6.07, 6.45) is 6.93. The van der Waals surface area contributed by atoms with Crippen molar-refractivity contribution in [2.24, 2.45) is 0 Å². The number of pyridine rings is 2. The van der Waals surface area contributed by atoms with Crippen molar-refractivity contribution in [1.29, 1.82) is 0 Å². The fraction of sp³-hybridized carbons (Fsp3) is 0.0476.